The third-order valence-electron chi connectivity index (χ3n) is 3.50. The van der Waals surface area contributed by atoms with Crippen molar-refractivity contribution in [2.75, 3.05) is 7.05 Å². The lowest BCUT2D eigenvalue weighted by Crippen LogP contribution is -2.35. The van der Waals surface area contributed by atoms with Gasteiger partial charge in [-0.1, -0.05) is 12.1 Å². The van der Waals surface area contributed by atoms with Gasteiger partial charge in [-0.05, 0) is 19.1 Å². The zero-order valence-electron chi connectivity index (χ0n) is 13.3. The number of benzene rings is 1. The fourth-order valence-corrected chi connectivity index (χ4v) is 3.03. The molecule has 2 aromatic rings. The van der Waals surface area contributed by atoms with Gasteiger partial charge in [-0.15, -0.1) is 11.3 Å². The third kappa shape index (κ3) is 3.60. The standard InChI is InChI=1S/C16H17FN4O2S/c1-16(9-13(22)19-10-14-18-7-8-24-14)20-15(21(2)23-16)11-5-3-4-6-12(11)17/h3-8H,9-10H2,1-2H3,(H,19,22). The van der Waals surface area contributed by atoms with Gasteiger partial charge in [-0.25, -0.2) is 24.3 Å². The van der Waals surface area contributed by atoms with Crippen LogP contribution < -0.4 is 5.32 Å². The van der Waals surface area contributed by atoms with Gasteiger partial charge in [0.1, 0.15) is 10.8 Å². The number of hydroxylamine groups is 2. The summed E-state index contributed by atoms with van der Waals surface area (Å²) in [7, 11) is 1.64. The van der Waals surface area contributed by atoms with E-state index in [1.165, 1.54) is 22.5 Å². The first kappa shape index (κ1) is 16.5. The monoisotopic (exact) mass is 348 g/mol. The number of hydrogen-bond acceptors (Lipinski definition) is 6. The van der Waals surface area contributed by atoms with Gasteiger partial charge in [0, 0.05) is 18.6 Å². The maximum Gasteiger partial charge on any atom is 0.225 e. The van der Waals surface area contributed by atoms with Gasteiger partial charge >= 0.3 is 0 Å². The molecule has 1 N–H and O–H groups in total. The second-order valence-electron chi connectivity index (χ2n) is 5.56. The van der Waals surface area contributed by atoms with Gasteiger partial charge in [0.25, 0.3) is 0 Å². The topological polar surface area (TPSA) is 66.8 Å². The molecule has 24 heavy (non-hydrogen) atoms. The maximum atomic E-state index is 14.0. The number of nitrogens with one attached hydrogen (secondary N) is 1. The average Bonchev–Trinajstić information content (AvgIpc) is 3.14. The van der Waals surface area contributed by atoms with Gasteiger partial charge in [-0.2, -0.15) is 0 Å². The van der Waals surface area contributed by atoms with E-state index in [1.54, 1.807) is 38.4 Å². The quantitative estimate of drug-likeness (QED) is 0.901. The van der Waals surface area contributed by atoms with Gasteiger partial charge in [0.05, 0.1) is 18.5 Å². The minimum Gasteiger partial charge on any atom is -0.349 e. The number of amides is 1. The minimum atomic E-state index is -1.07. The van der Waals surface area contributed by atoms with Crippen molar-refractivity contribution in [1.29, 1.82) is 0 Å². The van der Waals surface area contributed by atoms with Crippen LogP contribution in [0.2, 0.25) is 0 Å². The summed E-state index contributed by atoms with van der Waals surface area (Å²) in [5.41, 5.74) is -0.730. The molecular weight excluding hydrogens is 331 g/mol. The Morgan fingerprint density at radius 2 is 2.25 bits per heavy atom. The normalized spacial score (nSPS) is 20.1. The number of rotatable bonds is 5. The summed E-state index contributed by atoms with van der Waals surface area (Å²) < 4.78 is 14.0. The molecule has 1 atom stereocenters. The van der Waals surface area contributed by atoms with Gasteiger partial charge in [0.2, 0.25) is 5.91 Å². The predicted octanol–water partition coefficient (Wildman–Crippen LogP) is 2.33. The molecule has 1 amide bonds. The molecule has 8 heteroatoms. The molecule has 0 fully saturated rings. The van der Waals surface area contributed by atoms with E-state index < -0.39 is 5.72 Å². The van der Waals surface area contributed by atoms with Crippen molar-refractivity contribution in [3.63, 3.8) is 0 Å². The highest BCUT2D eigenvalue weighted by atomic mass is 32.1. The molecule has 1 aliphatic rings. The van der Waals surface area contributed by atoms with Gasteiger partial charge in [-0.3, -0.25) is 4.79 Å². The Hall–Kier alpha value is -2.32. The maximum absolute atomic E-state index is 14.0. The molecular formula is C16H17FN4O2S. The van der Waals surface area contributed by atoms with E-state index in [4.69, 9.17) is 4.84 Å². The van der Waals surface area contributed by atoms with Crippen molar-refractivity contribution in [3.8, 4) is 0 Å². The first-order chi connectivity index (χ1) is 11.5. The van der Waals surface area contributed by atoms with Gasteiger partial charge < -0.3 is 5.32 Å². The fourth-order valence-electron chi connectivity index (χ4n) is 2.47. The zero-order valence-corrected chi connectivity index (χ0v) is 14.1. The number of thiazole rings is 1. The first-order valence-electron chi connectivity index (χ1n) is 7.39. The number of aliphatic imine (C=N–C) groups is 1. The van der Waals surface area contributed by atoms with Crippen molar-refractivity contribution in [2.45, 2.75) is 25.6 Å². The highest BCUT2D eigenvalue weighted by Gasteiger charge is 2.38. The van der Waals surface area contributed by atoms with Crippen LogP contribution >= 0.6 is 11.3 Å². The van der Waals surface area contributed by atoms with Crippen LogP contribution in [0.4, 0.5) is 4.39 Å². The molecule has 0 bridgehead atoms. The van der Waals surface area contributed by atoms with Crippen LogP contribution in [0.5, 0.6) is 0 Å². The Morgan fingerprint density at radius 3 is 2.96 bits per heavy atom. The van der Waals surface area contributed by atoms with E-state index in [-0.39, 0.29) is 18.1 Å². The zero-order chi connectivity index (χ0) is 17.2. The van der Waals surface area contributed by atoms with Crippen LogP contribution in [-0.2, 0) is 16.2 Å². The Kier molecular flexibility index (Phi) is 4.59. The number of amidine groups is 1. The number of hydrogen-bond donors (Lipinski definition) is 1. The van der Waals surface area contributed by atoms with E-state index in [9.17, 15) is 9.18 Å². The molecule has 0 radical (unpaired) electrons. The smallest absolute Gasteiger partial charge is 0.225 e. The number of carbonyl (C=O) groups excluding carboxylic acids is 1. The molecule has 1 unspecified atom stereocenters. The molecule has 6 nitrogen and oxygen atoms in total. The predicted molar refractivity (Wildman–Crippen MR) is 88.8 cm³/mol. The molecule has 1 aromatic carbocycles. The van der Waals surface area contributed by atoms with Crippen molar-refractivity contribution >= 4 is 23.1 Å². The van der Waals surface area contributed by atoms with Crippen LogP contribution in [-0.4, -0.2) is 34.6 Å². The molecule has 0 spiro atoms. The van der Waals surface area contributed by atoms with E-state index in [0.717, 1.165) is 5.01 Å². The minimum absolute atomic E-state index is 0.0284. The number of nitrogens with zero attached hydrogens (tertiary/aromatic N) is 3. The number of aromatic nitrogens is 1. The first-order valence-corrected chi connectivity index (χ1v) is 8.27. The summed E-state index contributed by atoms with van der Waals surface area (Å²) in [6.45, 7) is 2.06. The summed E-state index contributed by atoms with van der Waals surface area (Å²) in [6.07, 6.45) is 1.72. The van der Waals surface area contributed by atoms with Crippen LogP contribution in [0, 0.1) is 5.82 Å². The van der Waals surface area contributed by atoms with Crippen molar-refractivity contribution in [1.82, 2.24) is 15.4 Å². The average molecular weight is 348 g/mol. The van der Waals surface area contributed by atoms with Crippen molar-refractivity contribution in [3.05, 3.63) is 52.2 Å². The largest absolute Gasteiger partial charge is 0.349 e. The molecule has 126 valence electrons. The van der Waals surface area contributed by atoms with E-state index in [1.807, 2.05) is 5.38 Å². The SMILES string of the molecule is CN1OC(C)(CC(=O)NCc2nccs2)N=C1c1ccccc1F. The van der Waals surface area contributed by atoms with Crippen LogP contribution in [0.1, 0.15) is 23.9 Å². The second kappa shape index (κ2) is 6.66. The summed E-state index contributed by atoms with van der Waals surface area (Å²) in [5.74, 6) is -0.230. The van der Waals surface area contributed by atoms with Crippen LogP contribution in [0.25, 0.3) is 0 Å². The second-order valence-corrected chi connectivity index (χ2v) is 6.54. The van der Waals surface area contributed by atoms with E-state index in [0.29, 0.717) is 17.9 Å². The van der Waals surface area contributed by atoms with Crippen molar-refractivity contribution in [2.24, 2.45) is 4.99 Å². The van der Waals surface area contributed by atoms with E-state index >= 15 is 0 Å². The lowest BCUT2D eigenvalue weighted by atomic mass is 10.1. The molecule has 2 heterocycles. The summed E-state index contributed by atoms with van der Waals surface area (Å²) in [5, 5.41) is 6.86. The van der Waals surface area contributed by atoms with Crippen LogP contribution in [0.3, 0.4) is 0 Å². The third-order valence-corrected chi connectivity index (χ3v) is 4.28. The molecule has 1 aromatic heterocycles. The number of carbonyl (C=O) groups is 1. The molecule has 0 saturated heterocycles. The molecule has 0 aliphatic carbocycles. The summed E-state index contributed by atoms with van der Waals surface area (Å²) in [4.78, 5) is 26.3. The summed E-state index contributed by atoms with van der Waals surface area (Å²) in [6, 6.07) is 6.33. The van der Waals surface area contributed by atoms with E-state index in [2.05, 4.69) is 15.3 Å². The highest BCUT2D eigenvalue weighted by molar-refractivity contribution is 7.09. The number of halogens is 1. The molecule has 0 saturated carbocycles. The Bertz CT molecular complexity index is 765. The highest BCUT2D eigenvalue weighted by Crippen LogP contribution is 2.28. The lowest BCUT2D eigenvalue weighted by molar-refractivity contribution is -0.166. The Labute approximate surface area is 142 Å². The van der Waals surface area contributed by atoms with Crippen LogP contribution in [0.15, 0.2) is 40.8 Å². The summed E-state index contributed by atoms with van der Waals surface area (Å²) >= 11 is 1.47. The van der Waals surface area contributed by atoms with Gasteiger partial charge in [0.15, 0.2) is 11.6 Å². The molecule has 3 rings (SSSR count). The fraction of sp³-hybridized carbons (Fsp3) is 0.312. The van der Waals surface area contributed by atoms with Crippen molar-refractivity contribution < 1.29 is 14.0 Å². The Morgan fingerprint density at radius 1 is 1.46 bits per heavy atom. The lowest BCUT2D eigenvalue weighted by Gasteiger charge is -2.21. The Balaban J connectivity index is 1.69. The molecule has 1 aliphatic heterocycles.